The van der Waals surface area contributed by atoms with Crippen molar-refractivity contribution in [3.8, 4) is 17.0 Å². The number of nitrogens with one attached hydrogen (secondary N) is 1. The first-order valence-corrected chi connectivity index (χ1v) is 10.7. The van der Waals surface area contributed by atoms with E-state index in [1.54, 1.807) is 6.08 Å². The minimum Gasteiger partial charge on any atom is -0.494 e. The van der Waals surface area contributed by atoms with Gasteiger partial charge in [-0.25, -0.2) is 4.98 Å². The number of benzene rings is 2. The van der Waals surface area contributed by atoms with Gasteiger partial charge in [0.05, 0.1) is 12.3 Å². The Hall–Kier alpha value is -2.92. The maximum atomic E-state index is 12.2. The lowest BCUT2D eigenvalue weighted by atomic mass is 10.1. The minimum absolute atomic E-state index is 0.200. The number of hydrogen-bond donors (Lipinski definition) is 1. The van der Waals surface area contributed by atoms with Gasteiger partial charge in [0.15, 0.2) is 5.13 Å². The van der Waals surface area contributed by atoms with Gasteiger partial charge in [0.25, 0.3) is 0 Å². The van der Waals surface area contributed by atoms with Crippen LogP contribution in [0.25, 0.3) is 17.3 Å². The maximum absolute atomic E-state index is 12.2. The number of aromatic nitrogens is 1. The van der Waals surface area contributed by atoms with Gasteiger partial charge in [-0.3, -0.25) is 10.1 Å². The number of amides is 1. The molecule has 29 heavy (non-hydrogen) atoms. The van der Waals surface area contributed by atoms with E-state index in [0.717, 1.165) is 42.0 Å². The second-order valence-electron chi connectivity index (χ2n) is 6.93. The number of carbonyl (C=O) groups is 1. The molecule has 0 aliphatic carbocycles. The summed E-state index contributed by atoms with van der Waals surface area (Å²) >= 11 is 1.42. The molecule has 1 aromatic heterocycles. The van der Waals surface area contributed by atoms with E-state index in [9.17, 15) is 4.79 Å². The largest absolute Gasteiger partial charge is 0.494 e. The average Bonchev–Trinajstić information content (AvgIpc) is 3.18. The summed E-state index contributed by atoms with van der Waals surface area (Å²) in [5, 5.41) is 5.38. The Balaban J connectivity index is 1.56. The van der Waals surface area contributed by atoms with E-state index < -0.39 is 0 Å². The van der Waals surface area contributed by atoms with Crippen molar-refractivity contribution in [1.82, 2.24) is 4.98 Å². The van der Waals surface area contributed by atoms with Crippen LogP contribution in [0.4, 0.5) is 5.13 Å². The van der Waals surface area contributed by atoms with Gasteiger partial charge in [-0.15, -0.1) is 11.3 Å². The first-order valence-electron chi connectivity index (χ1n) is 9.80. The molecule has 0 saturated heterocycles. The number of rotatable bonds is 8. The molecule has 3 rings (SSSR count). The third-order valence-electron chi connectivity index (χ3n) is 4.61. The second kappa shape index (κ2) is 10.0. The van der Waals surface area contributed by atoms with Gasteiger partial charge in [-0.05, 0) is 61.2 Å². The van der Waals surface area contributed by atoms with Crippen LogP contribution in [-0.2, 0) is 4.79 Å². The van der Waals surface area contributed by atoms with Crippen molar-refractivity contribution in [2.24, 2.45) is 0 Å². The van der Waals surface area contributed by atoms with E-state index in [1.807, 2.05) is 29.6 Å². The van der Waals surface area contributed by atoms with Crippen LogP contribution in [0.15, 0.2) is 53.9 Å². The lowest BCUT2D eigenvalue weighted by Gasteiger charge is -2.05. The molecular formula is C24H26N2O2S. The summed E-state index contributed by atoms with van der Waals surface area (Å²) in [5.74, 6) is 0.649. The molecule has 0 aliphatic rings. The van der Waals surface area contributed by atoms with E-state index in [4.69, 9.17) is 4.74 Å². The minimum atomic E-state index is -0.200. The molecule has 0 radical (unpaired) electrons. The quantitative estimate of drug-likeness (QED) is 0.355. The molecule has 0 unspecified atom stereocenters. The Morgan fingerprint density at radius 1 is 1.14 bits per heavy atom. The third kappa shape index (κ3) is 6.03. The highest BCUT2D eigenvalue weighted by Crippen LogP contribution is 2.26. The Morgan fingerprint density at radius 2 is 1.93 bits per heavy atom. The van der Waals surface area contributed by atoms with Crippen LogP contribution < -0.4 is 10.1 Å². The smallest absolute Gasteiger partial charge is 0.250 e. The molecule has 0 atom stereocenters. The molecule has 0 bridgehead atoms. The van der Waals surface area contributed by atoms with Gasteiger partial charge in [0.1, 0.15) is 5.75 Å². The van der Waals surface area contributed by atoms with Crippen molar-refractivity contribution in [3.05, 3.63) is 70.6 Å². The summed E-state index contributed by atoms with van der Waals surface area (Å²) in [6.45, 7) is 7.04. The molecule has 0 aliphatic heterocycles. The van der Waals surface area contributed by atoms with Crippen molar-refractivity contribution in [2.75, 3.05) is 11.9 Å². The Morgan fingerprint density at radius 3 is 2.66 bits per heavy atom. The molecule has 1 N–H and O–H groups in total. The molecule has 1 heterocycles. The van der Waals surface area contributed by atoms with Crippen LogP contribution in [-0.4, -0.2) is 17.5 Å². The summed E-state index contributed by atoms with van der Waals surface area (Å²) in [5.41, 5.74) is 5.35. The van der Waals surface area contributed by atoms with Crippen molar-refractivity contribution < 1.29 is 9.53 Å². The lowest BCUT2D eigenvalue weighted by molar-refractivity contribution is -0.111. The van der Waals surface area contributed by atoms with E-state index >= 15 is 0 Å². The van der Waals surface area contributed by atoms with Crippen molar-refractivity contribution in [1.29, 1.82) is 0 Å². The molecule has 0 spiro atoms. The predicted molar refractivity (Wildman–Crippen MR) is 122 cm³/mol. The van der Waals surface area contributed by atoms with Crippen LogP contribution in [0.5, 0.6) is 5.75 Å². The zero-order chi connectivity index (χ0) is 20.6. The molecule has 0 saturated carbocycles. The predicted octanol–water partition coefficient (Wildman–Crippen LogP) is 6.26. The number of unbranched alkanes of at least 4 members (excludes halogenated alkanes) is 1. The van der Waals surface area contributed by atoms with Crippen LogP contribution >= 0.6 is 11.3 Å². The van der Waals surface area contributed by atoms with Crippen molar-refractivity contribution >= 4 is 28.5 Å². The van der Waals surface area contributed by atoms with Crippen molar-refractivity contribution in [2.45, 2.75) is 33.6 Å². The van der Waals surface area contributed by atoms with E-state index in [-0.39, 0.29) is 5.91 Å². The average molecular weight is 407 g/mol. The molecule has 3 aromatic rings. The molecular weight excluding hydrogens is 380 g/mol. The van der Waals surface area contributed by atoms with Crippen molar-refractivity contribution in [3.63, 3.8) is 0 Å². The summed E-state index contributed by atoms with van der Waals surface area (Å²) < 4.78 is 5.65. The highest BCUT2D eigenvalue weighted by molar-refractivity contribution is 7.14. The van der Waals surface area contributed by atoms with Gasteiger partial charge < -0.3 is 4.74 Å². The molecule has 150 valence electrons. The normalized spacial score (nSPS) is 11.0. The van der Waals surface area contributed by atoms with Crippen LogP contribution in [0.2, 0.25) is 0 Å². The fourth-order valence-corrected chi connectivity index (χ4v) is 3.42. The van der Waals surface area contributed by atoms with E-state index in [2.05, 4.69) is 49.3 Å². The zero-order valence-corrected chi connectivity index (χ0v) is 17.9. The Labute approximate surface area is 176 Å². The highest BCUT2D eigenvalue weighted by atomic mass is 32.1. The fourth-order valence-electron chi connectivity index (χ4n) is 2.69. The SMILES string of the molecule is CCCCOc1ccc(/C=C/C(=O)Nc2nc(-c3ccc(C)c(C)c3)cs2)cc1. The summed E-state index contributed by atoms with van der Waals surface area (Å²) in [6.07, 6.45) is 5.46. The van der Waals surface area contributed by atoms with Gasteiger partial charge in [-0.1, -0.05) is 37.6 Å². The standard InChI is InChI=1S/C24H26N2O2S/c1-4-5-14-28-21-11-7-19(8-12-21)9-13-23(27)26-24-25-22(16-29-24)20-10-6-17(2)18(3)15-20/h6-13,15-16H,4-5,14H2,1-3H3,(H,25,26,27)/b13-9+. The first kappa shape index (κ1) is 20.8. The highest BCUT2D eigenvalue weighted by Gasteiger charge is 2.07. The molecule has 2 aromatic carbocycles. The fraction of sp³-hybridized carbons (Fsp3) is 0.250. The molecule has 0 fully saturated rings. The molecule has 5 heteroatoms. The van der Waals surface area contributed by atoms with E-state index in [0.29, 0.717) is 5.13 Å². The Bertz CT molecular complexity index is 990. The monoisotopic (exact) mass is 406 g/mol. The number of ether oxygens (including phenoxy) is 1. The number of carbonyl (C=O) groups excluding carboxylic acids is 1. The summed E-state index contributed by atoms with van der Waals surface area (Å²) in [6, 6.07) is 14.0. The maximum Gasteiger partial charge on any atom is 0.250 e. The summed E-state index contributed by atoms with van der Waals surface area (Å²) in [4.78, 5) is 16.7. The molecule has 1 amide bonds. The van der Waals surface area contributed by atoms with Gasteiger partial charge in [-0.2, -0.15) is 0 Å². The number of hydrogen-bond acceptors (Lipinski definition) is 4. The van der Waals surface area contributed by atoms with Gasteiger partial charge in [0.2, 0.25) is 5.91 Å². The molecule has 4 nitrogen and oxygen atoms in total. The Kier molecular flexibility index (Phi) is 7.19. The first-order chi connectivity index (χ1) is 14.0. The van der Waals surface area contributed by atoms with Crippen LogP contribution in [0.1, 0.15) is 36.5 Å². The van der Waals surface area contributed by atoms with E-state index in [1.165, 1.54) is 28.5 Å². The van der Waals surface area contributed by atoms with Gasteiger partial charge >= 0.3 is 0 Å². The number of thiazole rings is 1. The number of nitrogens with zero attached hydrogens (tertiary/aromatic N) is 1. The summed E-state index contributed by atoms with van der Waals surface area (Å²) in [7, 11) is 0. The van der Waals surface area contributed by atoms with Crippen LogP contribution in [0, 0.1) is 13.8 Å². The third-order valence-corrected chi connectivity index (χ3v) is 5.37. The number of aryl methyl sites for hydroxylation is 2. The van der Waals surface area contributed by atoms with Crippen LogP contribution in [0.3, 0.4) is 0 Å². The topological polar surface area (TPSA) is 51.2 Å². The second-order valence-corrected chi connectivity index (χ2v) is 7.79. The number of anilines is 1. The zero-order valence-electron chi connectivity index (χ0n) is 17.1. The van der Waals surface area contributed by atoms with Gasteiger partial charge in [0, 0.05) is 17.0 Å². The lowest BCUT2D eigenvalue weighted by Crippen LogP contribution is -2.07.